The van der Waals surface area contributed by atoms with Gasteiger partial charge in [0.2, 0.25) is 5.83 Å². The van der Waals surface area contributed by atoms with Crippen LogP contribution in [-0.2, 0) is 9.53 Å². The summed E-state index contributed by atoms with van der Waals surface area (Å²) in [6.45, 7) is 3.86. The molecule has 27 heavy (non-hydrogen) atoms. The molecule has 0 unspecified atom stereocenters. The van der Waals surface area contributed by atoms with E-state index in [4.69, 9.17) is 11.6 Å². The lowest BCUT2D eigenvalue weighted by Gasteiger charge is -2.31. The van der Waals surface area contributed by atoms with E-state index in [0.717, 1.165) is 25.6 Å². The maximum absolute atomic E-state index is 13.7. The number of carbonyl (C=O) groups is 1. The zero-order chi connectivity index (χ0) is 19.2. The van der Waals surface area contributed by atoms with Gasteiger partial charge in [0.25, 0.3) is 0 Å². The minimum atomic E-state index is -0.982. The van der Waals surface area contributed by atoms with Gasteiger partial charge in [0.15, 0.2) is 0 Å². The minimum Gasteiger partial charge on any atom is -0.461 e. The third-order valence-corrected chi connectivity index (χ3v) is 5.57. The van der Waals surface area contributed by atoms with Crippen LogP contribution in [0.2, 0.25) is 5.02 Å². The van der Waals surface area contributed by atoms with Gasteiger partial charge < -0.3 is 10.1 Å². The SMILES string of the molecule is CCOC(=O)/C(F)=C/c1cnc(N[C@@H]2CCN(C3CCCCC3)C2)c(Cl)c1. The summed E-state index contributed by atoms with van der Waals surface area (Å²) in [5, 5.41) is 3.82. The van der Waals surface area contributed by atoms with Crippen molar-refractivity contribution in [2.75, 3.05) is 25.0 Å². The van der Waals surface area contributed by atoms with Gasteiger partial charge in [-0.15, -0.1) is 0 Å². The van der Waals surface area contributed by atoms with Crippen molar-refractivity contribution in [2.24, 2.45) is 0 Å². The summed E-state index contributed by atoms with van der Waals surface area (Å²) in [4.78, 5) is 18.2. The number of halogens is 2. The van der Waals surface area contributed by atoms with Crippen molar-refractivity contribution < 1.29 is 13.9 Å². The Hall–Kier alpha value is -1.66. The Morgan fingerprint density at radius 3 is 2.89 bits per heavy atom. The van der Waals surface area contributed by atoms with E-state index in [0.29, 0.717) is 28.5 Å². The molecule has 0 radical (unpaired) electrons. The largest absolute Gasteiger partial charge is 0.461 e. The molecule has 2 fully saturated rings. The summed E-state index contributed by atoms with van der Waals surface area (Å²) in [7, 11) is 0. The third-order valence-electron chi connectivity index (χ3n) is 5.28. The van der Waals surface area contributed by atoms with Crippen molar-refractivity contribution >= 4 is 29.5 Å². The number of carbonyl (C=O) groups excluding carboxylic acids is 1. The molecule has 2 aliphatic rings. The fourth-order valence-corrected chi connectivity index (χ4v) is 4.15. The van der Waals surface area contributed by atoms with Crippen molar-refractivity contribution in [3.8, 4) is 0 Å². The summed E-state index contributed by atoms with van der Waals surface area (Å²) < 4.78 is 18.4. The molecule has 1 atom stereocenters. The zero-order valence-corrected chi connectivity index (χ0v) is 16.5. The van der Waals surface area contributed by atoms with Gasteiger partial charge in [-0.2, -0.15) is 4.39 Å². The summed E-state index contributed by atoms with van der Waals surface area (Å²) in [6.07, 6.45) is 10.3. The molecule has 2 heterocycles. The van der Waals surface area contributed by atoms with Crippen molar-refractivity contribution in [3.05, 3.63) is 28.7 Å². The van der Waals surface area contributed by atoms with E-state index in [-0.39, 0.29) is 6.61 Å². The maximum atomic E-state index is 13.7. The minimum absolute atomic E-state index is 0.126. The van der Waals surface area contributed by atoms with Gasteiger partial charge in [-0.3, -0.25) is 4.90 Å². The van der Waals surface area contributed by atoms with E-state index in [1.807, 2.05) is 0 Å². The second-order valence-electron chi connectivity index (χ2n) is 7.23. The summed E-state index contributed by atoms with van der Waals surface area (Å²) in [6, 6.07) is 2.63. The molecule has 1 saturated heterocycles. The van der Waals surface area contributed by atoms with Gasteiger partial charge in [0.1, 0.15) is 5.82 Å². The number of nitrogens with one attached hydrogen (secondary N) is 1. The van der Waals surface area contributed by atoms with Crippen LogP contribution in [0.15, 0.2) is 18.1 Å². The van der Waals surface area contributed by atoms with Crippen LogP contribution in [0.5, 0.6) is 0 Å². The predicted octanol–water partition coefficient (Wildman–Crippen LogP) is 4.43. The second kappa shape index (κ2) is 9.51. The Morgan fingerprint density at radius 1 is 1.41 bits per heavy atom. The third kappa shape index (κ3) is 5.42. The molecule has 7 heteroatoms. The number of hydrogen-bond donors (Lipinski definition) is 1. The first-order valence-electron chi connectivity index (χ1n) is 9.77. The normalized spacial score (nSPS) is 22.0. The van der Waals surface area contributed by atoms with Crippen LogP contribution in [0.1, 0.15) is 51.0 Å². The van der Waals surface area contributed by atoms with E-state index in [1.54, 1.807) is 13.0 Å². The van der Waals surface area contributed by atoms with Crippen molar-refractivity contribution in [2.45, 2.75) is 57.5 Å². The zero-order valence-electron chi connectivity index (χ0n) is 15.7. The van der Waals surface area contributed by atoms with Crippen LogP contribution in [-0.4, -0.2) is 47.6 Å². The molecule has 1 aromatic heterocycles. The quantitative estimate of drug-likeness (QED) is 0.570. The molecule has 5 nitrogen and oxygen atoms in total. The summed E-state index contributed by atoms with van der Waals surface area (Å²) in [5.74, 6) is -1.35. The van der Waals surface area contributed by atoms with Gasteiger partial charge >= 0.3 is 5.97 Å². The highest BCUT2D eigenvalue weighted by Crippen LogP contribution is 2.28. The number of pyridine rings is 1. The molecule has 1 saturated carbocycles. The van der Waals surface area contributed by atoms with E-state index < -0.39 is 11.8 Å². The average Bonchev–Trinajstić information content (AvgIpc) is 3.13. The highest BCUT2D eigenvalue weighted by atomic mass is 35.5. The number of aromatic nitrogens is 1. The van der Waals surface area contributed by atoms with Gasteiger partial charge in [-0.05, 0) is 43.9 Å². The molecule has 0 aromatic carbocycles. The van der Waals surface area contributed by atoms with Gasteiger partial charge in [0.05, 0.1) is 11.6 Å². The van der Waals surface area contributed by atoms with Gasteiger partial charge in [0, 0.05) is 31.4 Å². The van der Waals surface area contributed by atoms with Crippen LogP contribution in [0.3, 0.4) is 0 Å². The first-order chi connectivity index (χ1) is 13.1. The molecule has 1 N–H and O–H groups in total. The van der Waals surface area contributed by atoms with E-state index in [2.05, 4.69) is 19.9 Å². The highest BCUT2D eigenvalue weighted by Gasteiger charge is 2.29. The van der Waals surface area contributed by atoms with Crippen LogP contribution in [0.4, 0.5) is 10.2 Å². The van der Waals surface area contributed by atoms with Crippen LogP contribution in [0.25, 0.3) is 6.08 Å². The smallest absolute Gasteiger partial charge is 0.367 e. The molecule has 148 valence electrons. The standard InChI is InChI=1S/C20H27ClFN3O2/c1-2-27-20(26)18(22)11-14-10-17(21)19(23-12-14)24-15-8-9-25(13-15)16-6-4-3-5-7-16/h10-12,15-16H,2-9,13H2,1H3,(H,23,24)/b18-11-/t15-/m1/s1. The highest BCUT2D eigenvalue weighted by molar-refractivity contribution is 6.33. The first-order valence-corrected chi connectivity index (χ1v) is 10.1. The molecule has 0 amide bonds. The fraction of sp³-hybridized carbons (Fsp3) is 0.600. The van der Waals surface area contributed by atoms with Gasteiger partial charge in [-0.25, -0.2) is 9.78 Å². The Morgan fingerprint density at radius 2 is 2.19 bits per heavy atom. The first kappa shape index (κ1) is 20.1. The number of anilines is 1. The molecule has 1 aliphatic heterocycles. The van der Waals surface area contributed by atoms with Crippen LogP contribution < -0.4 is 5.32 Å². The lowest BCUT2D eigenvalue weighted by atomic mass is 9.94. The molecule has 1 aromatic rings. The number of hydrogen-bond acceptors (Lipinski definition) is 5. The second-order valence-corrected chi connectivity index (χ2v) is 7.64. The number of esters is 1. The van der Waals surface area contributed by atoms with Crippen molar-refractivity contribution in [1.82, 2.24) is 9.88 Å². The van der Waals surface area contributed by atoms with Crippen molar-refractivity contribution in [3.63, 3.8) is 0 Å². The lowest BCUT2D eigenvalue weighted by Crippen LogP contribution is -2.36. The van der Waals surface area contributed by atoms with Gasteiger partial charge in [-0.1, -0.05) is 30.9 Å². The molecular formula is C20H27ClFN3O2. The number of likely N-dealkylation sites (tertiary alicyclic amines) is 1. The van der Waals surface area contributed by atoms with E-state index in [1.165, 1.54) is 38.3 Å². The Balaban J connectivity index is 1.58. The summed E-state index contributed by atoms with van der Waals surface area (Å²) >= 11 is 6.31. The fourth-order valence-electron chi connectivity index (χ4n) is 3.92. The summed E-state index contributed by atoms with van der Waals surface area (Å²) in [5.41, 5.74) is 0.423. The number of rotatable bonds is 6. The molecular weight excluding hydrogens is 369 g/mol. The monoisotopic (exact) mass is 395 g/mol. The van der Waals surface area contributed by atoms with Crippen molar-refractivity contribution in [1.29, 1.82) is 0 Å². The van der Waals surface area contributed by atoms with E-state index in [9.17, 15) is 9.18 Å². The molecule has 0 spiro atoms. The predicted molar refractivity (Wildman–Crippen MR) is 105 cm³/mol. The molecule has 0 bridgehead atoms. The van der Waals surface area contributed by atoms with Crippen LogP contribution in [0, 0.1) is 0 Å². The Kier molecular flexibility index (Phi) is 7.07. The maximum Gasteiger partial charge on any atom is 0.367 e. The Labute approximate surface area is 164 Å². The average molecular weight is 396 g/mol. The molecule has 3 rings (SSSR count). The number of ether oxygens (including phenoxy) is 1. The van der Waals surface area contributed by atoms with E-state index >= 15 is 0 Å². The number of nitrogens with zero attached hydrogens (tertiary/aromatic N) is 2. The Bertz CT molecular complexity index is 692. The lowest BCUT2D eigenvalue weighted by molar-refractivity contribution is -0.140. The topological polar surface area (TPSA) is 54.5 Å². The van der Waals surface area contributed by atoms with Crippen LogP contribution >= 0.6 is 11.6 Å². The molecule has 1 aliphatic carbocycles.